The number of nitrogens with zero attached hydrogens (tertiary/aromatic N) is 7. The lowest BCUT2D eigenvalue weighted by atomic mass is 10.2. The summed E-state index contributed by atoms with van der Waals surface area (Å²) in [6, 6.07) is 8.06. The number of benzene rings is 1. The lowest BCUT2D eigenvalue weighted by Crippen LogP contribution is -2.07. The summed E-state index contributed by atoms with van der Waals surface area (Å²) < 4.78 is 3.24. The zero-order valence-corrected chi connectivity index (χ0v) is 13.4. The van der Waals surface area contributed by atoms with Gasteiger partial charge in [-0.3, -0.25) is 10.1 Å². The van der Waals surface area contributed by atoms with E-state index in [1.165, 1.54) is 12.1 Å². The van der Waals surface area contributed by atoms with Gasteiger partial charge in [0.25, 0.3) is 11.6 Å². The molecule has 0 bridgehead atoms. The maximum absolute atomic E-state index is 10.7. The predicted molar refractivity (Wildman–Crippen MR) is 87.4 cm³/mol. The van der Waals surface area contributed by atoms with Crippen molar-refractivity contribution in [2.24, 2.45) is 5.10 Å². The fraction of sp³-hybridized carbons (Fsp3) is 0.200. The zero-order chi connectivity index (χ0) is 17.3. The van der Waals surface area contributed by atoms with Crippen LogP contribution in [-0.2, 0) is 0 Å². The van der Waals surface area contributed by atoms with E-state index in [4.69, 9.17) is 0 Å². The fourth-order valence-electron chi connectivity index (χ4n) is 2.25. The summed E-state index contributed by atoms with van der Waals surface area (Å²) in [5.74, 6) is 1.09. The van der Waals surface area contributed by atoms with E-state index in [0.29, 0.717) is 11.8 Å². The number of hydrogen-bond acceptors (Lipinski definition) is 6. The molecule has 9 heteroatoms. The van der Waals surface area contributed by atoms with Crippen molar-refractivity contribution in [1.82, 2.24) is 24.7 Å². The van der Waals surface area contributed by atoms with Crippen molar-refractivity contribution in [2.75, 3.05) is 0 Å². The quantitative estimate of drug-likeness (QED) is 0.415. The second-order valence-electron chi connectivity index (χ2n) is 5.29. The highest BCUT2D eigenvalue weighted by Crippen LogP contribution is 2.13. The van der Waals surface area contributed by atoms with Crippen LogP contribution >= 0.6 is 0 Å². The molecule has 24 heavy (non-hydrogen) atoms. The van der Waals surface area contributed by atoms with Gasteiger partial charge in [-0.2, -0.15) is 14.9 Å². The maximum Gasteiger partial charge on any atom is 0.273 e. The van der Waals surface area contributed by atoms with E-state index < -0.39 is 4.92 Å². The molecule has 122 valence electrons. The predicted octanol–water partition coefficient (Wildman–Crippen LogP) is 2.18. The molecule has 2 aromatic heterocycles. The maximum atomic E-state index is 10.7. The van der Waals surface area contributed by atoms with E-state index in [1.54, 1.807) is 34.6 Å². The fourth-order valence-corrected chi connectivity index (χ4v) is 2.25. The van der Waals surface area contributed by atoms with Crippen LogP contribution in [0.25, 0.3) is 5.95 Å². The summed E-state index contributed by atoms with van der Waals surface area (Å²) in [5.41, 5.74) is 2.56. The number of nitro groups is 1. The Morgan fingerprint density at radius 3 is 2.46 bits per heavy atom. The number of non-ortho nitro benzene ring substituents is 1. The van der Waals surface area contributed by atoms with E-state index in [9.17, 15) is 10.1 Å². The number of aromatic nitrogens is 5. The van der Waals surface area contributed by atoms with Gasteiger partial charge in [0.05, 0.1) is 16.8 Å². The highest BCUT2D eigenvalue weighted by Gasteiger charge is 2.13. The van der Waals surface area contributed by atoms with Gasteiger partial charge in [-0.1, -0.05) is 0 Å². The second-order valence-corrected chi connectivity index (χ2v) is 5.29. The highest BCUT2D eigenvalue weighted by atomic mass is 16.6. The molecule has 1 aromatic carbocycles. The molecule has 9 nitrogen and oxygen atoms in total. The lowest BCUT2D eigenvalue weighted by Gasteiger charge is -2.03. The highest BCUT2D eigenvalue weighted by molar-refractivity contribution is 5.79. The molecule has 3 aromatic rings. The van der Waals surface area contributed by atoms with Crippen LogP contribution in [0.15, 0.2) is 35.4 Å². The van der Waals surface area contributed by atoms with Crippen molar-refractivity contribution in [3.63, 3.8) is 0 Å². The van der Waals surface area contributed by atoms with Gasteiger partial charge in [-0.05, 0) is 44.5 Å². The third kappa shape index (κ3) is 2.91. The van der Waals surface area contributed by atoms with Crippen molar-refractivity contribution < 1.29 is 4.92 Å². The molecule has 0 fully saturated rings. The monoisotopic (exact) mass is 325 g/mol. The van der Waals surface area contributed by atoms with Crippen LogP contribution in [0.4, 0.5) is 5.69 Å². The van der Waals surface area contributed by atoms with Crippen molar-refractivity contribution in [1.29, 1.82) is 0 Å². The van der Waals surface area contributed by atoms with Gasteiger partial charge in [0.1, 0.15) is 0 Å². The Labute approximate surface area is 137 Å². The molecular weight excluding hydrogens is 310 g/mol. The molecular formula is C15H15N7O2. The molecule has 0 aliphatic rings. The summed E-state index contributed by atoms with van der Waals surface area (Å²) in [7, 11) is 0. The van der Waals surface area contributed by atoms with Crippen molar-refractivity contribution in [2.45, 2.75) is 20.8 Å². The first-order valence-electron chi connectivity index (χ1n) is 7.20. The van der Waals surface area contributed by atoms with Crippen LogP contribution in [-0.4, -0.2) is 35.8 Å². The normalized spacial score (nSPS) is 11.3. The number of rotatable bonds is 4. The third-order valence-corrected chi connectivity index (χ3v) is 3.41. The van der Waals surface area contributed by atoms with E-state index in [0.717, 1.165) is 17.0 Å². The minimum Gasteiger partial charge on any atom is -0.258 e. The van der Waals surface area contributed by atoms with Gasteiger partial charge in [-0.25, -0.2) is 4.68 Å². The average Bonchev–Trinajstić information content (AvgIpc) is 3.07. The van der Waals surface area contributed by atoms with Crippen molar-refractivity contribution in [3.8, 4) is 5.95 Å². The average molecular weight is 325 g/mol. The Kier molecular flexibility index (Phi) is 3.90. The van der Waals surface area contributed by atoms with Crippen molar-refractivity contribution in [3.05, 3.63) is 63.2 Å². The summed E-state index contributed by atoms with van der Waals surface area (Å²) in [6.07, 6.45) is 1.59. The molecule has 0 N–H and O–H groups in total. The first-order valence-corrected chi connectivity index (χ1v) is 7.20. The van der Waals surface area contributed by atoms with Gasteiger partial charge < -0.3 is 0 Å². The van der Waals surface area contributed by atoms with Gasteiger partial charge in [0, 0.05) is 17.8 Å². The Balaban J connectivity index is 1.94. The van der Waals surface area contributed by atoms with Crippen LogP contribution < -0.4 is 0 Å². The molecule has 0 amide bonds. The number of aryl methyl sites for hydroxylation is 3. The first-order chi connectivity index (χ1) is 11.5. The summed E-state index contributed by atoms with van der Waals surface area (Å²) >= 11 is 0. The Morgan fingerprint density at radius 1 is 1.17 bits per heavy atom. The Bertz CT molecular complexity index is 922. The number of hydrogen-bond donors (Lipinski definition) is 0. The Hall–Kier alpha value is -3.36. The van der Waals surface area contributed by atoms with Crippen LogP contribution in [0.3, 0.4) is 0 Å². The van der Waals surface area contributed by atoms with Crippen LogP contribution in [0.1, 0.15) is 22.8 Å². The molecule has 0 unspecified atom stereocenters. The summed E-state index contributed by atoms with van der Waals surface area (Å²) in [4.78, 5) is 10.2. The molecule has 0 saturated carbocycles. The second kappa shape index (κ2) is 6.03. The van der Waals surface area contributed by atoms with E-state index in [-0.39, 0.29) is 5.69 Å². The first kappa shape index (κ1) is 15.5. The van der Waals surface area contributed by atoms with E-state index >= 15 is 0 Å². The Morgan fingerprint density at radius 2 is 1.88 bits per heavy atom. The SMILES string of the molecule is Cc1cc(C)n(-c2nnc(C)n2/N=C/c2ccc([N+](=O)[O-])cc2)n1. The summed E-state index contributed by atoms with van der Waals surface area (Å²) in [6.45, 7) is 5.61. The van der Waals surface area contributed by atoms with E-state index in [2.05, 4.69) is 20.4 Å². The van der Waals surface area contributed by atoms with Crippen LogP contribution in [0, 0.1) is 30.9 Å². The largest absolute Gasteiger partial charge is 0.273 e. The summed E-state index contributed by atoms with van der Waals surface area (Å²) in [5, 5.41) is 27.6. The molecule has 0 atom stereocenters. The third-order valence-electron chi connectivity index (χ3n) is 3.41. The lowest BCUT2D eigenvalue weighted by molar-refractivity contribution is -0.384. The minimum atomic E-state index is -0.439. The van der Waals surface area contributed by atoms with Gasteiger partial charge >= 0.3 is 0 Å². The van der Waals surface area contributed by atoms with Gasteiger partial charge in [0.2, 0.25) is 0 Å². The van der Waals surface area contributed by atoms with Crippen LogP contribution in [0.5, 0.6) is 0 Å². The molecule has 2 heterocycles. The molecule has 0 radical (unpaired) electrons. The zero-order valence-electron chi connectivity index (χ0n) is 13.4. The van der Waals surface area contributed by atoms with Crippen molar-refractivity contribution >= 4 is 11.9 Å². The van der Waals surface area contributed by atoms with Gasteiger partial charge in [0.15, 0.2) is 5.82 Å². The molecule has 0 saturated heterocycles. The van der Waals surface area contributed by atoms with Crippen LogP contribution in [0.2, 0.25) is 0 Å². The molecule has 3 rings (SSSR count). The van der Waals surface area contributed by atoms with Gasteiger partial charge in [-0.15, -0.1) is 10.2 Å². The topological polar surface area (TPSA) is 104 Å². The minimum absolute atomic E-state index is 0.0379. The standard InChI is InChI=1S/C15H15N7O2/c1-10-8-11(2)20(19-10)15-18-17-12(3)21(15)16-9-13-4-6-14(7-5-13)22(23)24/h4-9H,1-3H3/b16-9+. The number of nitro benzene ring substituents is 1. The van der Waals surface area contributed by atoms with E-state index in [1.807, 2.05) is 19.9 Å². The molecule has 0 aliphatic heterocycles. The molecule has 0 aliphatic carbocycles. The smallest absolute Gasteiger partial charge is 0.258 e. The molecule has 0 spiro atoms.